The van der Waals surface area contributed by atoms with Crippen LogP contribution in [0, 0.1) is 0 Å². The molecule has 1 aromatic rings. The van der Waals surface area contributed by atoms with E-state index in [4.69, 9.17) is 23.2 Å². The fourth-order valence-corrected chi connectivity index (χ4v) is 3.12. The third-order valence-electron chi connectivity index (χ3n) is 2.32. The van der Waals surface area contributed by atoms with Crippen molar-refractivity contribution in [2.75, 3.05) is 5.75 Å². The highest BCUT2D eigenvalue weighted by molar-refractivity contribution is 7.91. The first-order valence-electron chi connectivity index (χ1n) is 5.26. The van der Waals surface area contributed by atoms with E-state index in [-0.39, 0.29) is 15.7 Å². The fraction of sp³-hybridized carbons (Fsp3) is 0.333. The Bertz CT molecular complexity index is 495. The van der Waals surface area contributed by atoms with Gasteiger partial charge in [0.25, 0.3) is 0 Å². The maximum Gasteiger partial charge on any atom is 0.178 e. The minimum Gasteiger partial charge on any atom is -0.224 e. The van der Waals surface area contributed by atoms with E-state index in [0.29, 0.717) is 11.4 Å². The van der Waals surface area contributed by atoms with E-state index in [1.165, 1.54) is 18.2 Å². The quantitative estimate of drug-likeness (QED) is 0.584. The standard InChI is InChI=1S/C12H14Cl2O2S/c1-2-3-4-5-8-17(15,16)10-6-7-11(13)12(14)9-10/h2,6-7,9H,1,3-5,8H2. The van der Waals surface area contributed by atoms with Crippen molar-refractivity contribution in [1.29, 1.82) is 0 Å². The van der Waals surface area contributed by atoms with Crippen molar-refractivity contribution in [3.05, 3.63) is 40.9 Å². The molecule has 0 amide bonds. The van der Waals surface area contributed by atoms with Crippen molar-refractivity contribution in [3.63, 3.8) is 0 Å². The van der Waals surface area contributed by atoms with Crippen molar-refractivity contribution in [3.8, 4) is 0 Å². The lowest BCUT2D eigenvalue weighted by Crippen LogP contribution is -2.06. The highest BCUT2D eigenvalue weighted by atomic mass is 35.5. The number of sulfone groups is 1. The molecule has 0 aliphatic heterocycles. The van der Waals surface area contributed by atoms with Crippen LogP contribution in [0.25, 0.3) is 0 Å². The third-order valence-corrected chi connectivity index (χ3v) is 4.86. The van der Waals surface area contributed by atoms with Gasteiger partial charge in [-0.3, -0.25) is 0 Å². The molecular weight excluding hydrogens is 279 g/mol. The molecule has 0 atom stereocenters. The predicted octanol–water partition coefficient (Wildman–Crippen LogP) is 4.12. The number of halogens is 2. The molecule has 0 radical (unpaired) electrons. The molecule has 2 nitrogen and oxygen atoms in total. The van der Waals surface area contributed by atoms with Gasteiger partial charge in [0, 0.05) is 0 Å². The van der Waals surface area contributed by atoms with Gasteiger partial charge in [-0.25, -0.2) is 8.42 Å². The number of hydrogen-bond donors (Lipinski definition) is 0. The van der Waals surface area contributed by atoms with Crippen LogP contribution >= 0.6 is 23.2 Å². The minimum atomic E-state index is -3.26. The Labute approximate surface area is 112 Å². The lowest BCUT2D eigenvalue weighted by atomic mass is 10.2. The molecule has 0 saturated heterocycles. The van der Waals surface area contributed by atoms with Crippen LogP contribution in [-0.2, 0) is 9.84 Å². The second-order valence-corrected chi connectivity index (χ2v) is 6.60. The van der Waals surface area contributed by atoms with Gasteiger partial charge in [-0.1, -0.05) is 29.3 Å². The summed E-state index contributed by atoms with van der Waals surface area (Å²) < 4.78 is 23.9. The van der Waals surface area contributed by atoms with Gasteiger partial charge >= 0.3 is 0 Å². The lowest BCUT2D eigenvalue weighted by molar-refractivity contribution is 0.591. The number of rotatable bonds is 6. The Morgan fingerprint density at radius 2 is 1.88 bits per heavy atom. The van der Waals surface area contributed by atoms with Crippen molar-refractivity contribution < 1.29 is 8.42 Å². The molecule has 0 fully saturated rings. The Morgan fingerprint density at radius 1 is 1.18 bits per heavy atom. The summed E-state index contributed by atoms with van der Waals surface area (Å²) >= 11 is 11.5. The van der Waals surface area contributed by atoms with Crippen molar-refractivity contribution in [2.24, 2.45) is 0 Å². The van der Waals surface area contributed by atoms with Gasteiger partial charge in [-0.05, 0) is 37.5 Å². The maximum atomic E-state index is 11.9. The normalized spacial score (nSPS) is 11.4. The van der Waals surface area contributed by atoms with E-state index < -0.39 is 9.84 Å². The van der Waals surface area contributed by atoms with Gasteiger partial charge in [0.15, 0.2) is 9.84 Å². The largest absolute Gasteiger partial charge is 0.224 e. The molecule has 1 aromatic carbocycles. The molecular formula is C12H14Cl2O2S. The average Bonchev–Trinajstić information content (AvgIpc) is 2.28. The Hall–Kier alpha value is -0.510. The summed E-state index contributed by atoms with van der Waals surface area (Å²) in [7, 11) is -3.26. The van der Waals surface area contributed by atoms with E-state index in [9.17, 15) is 8.42 Å². The molecule has 0 saturated carbocycles. The minimum absolute atomic E-state index is 0.124. The summed E-state index contributed by atoms with van der Waals surface area (Å²) in [6.07, 6.45) is 4.06. The van der Waals surface area contributed by atoms with E-state index in [1.807, 2.05) is 0 Å². The van der Waals surface area contributed by atoms with Crippen molar-refractivity contribution in [2.45, 2.75) is 24.2 Å². The zero-order valence-electron chi connectivity index (χ0n) is 9.33. The summed E-state index contributed by atoms with van der Waals surface area (Å²) in [5.74, 6) is 0.124. The molecule has 0 unspecified atom stereocenters. The Balaban J connectivity index is 2.75. The van der Waals surface area contributed by atoms with Gasteiger partial charge in [-0.15, -0.1) is 6.58 Å². The third kappa shape index (κ3) is 4.34. The zero-order valence-corrected chi connectivity index (χ0v) is 11.7. The molecule has 0 aliphatic carbocycles. The second kappa shape index (κ2) is 6.43. The number of allylic oxidation sites excluding steroid dienone is 1. The number of benzene rings is 1. The smallest absolute Gasteiger partial charge is 0.178 e. The van der Waals surface area contributed by atoms with Crippen LogP contribution in [0.3, 0.4) is 0 Å². The van der Waals surface area contributed by atoms with Crippen LogP contribution in [0.4, 0.5) is 0 Å². The maximum absolute atomic E-state index is 11.9. The SMILES string of the molecule is C=CCCCCS(=O)(=O)c1ccc(Cl)c(Cl)c1. The molecule has 1 rings (SSSR count). The van der Waals surface area contributed by atoms with Gasteiger partial charge < -0.3 is 0 Å². The Kier molecular flexibility index (Phi) is 5.50. The first-order chi connectivity index (χ1) is 7.97. The van der Waals surface area contributed by atoms with Gasteiger partial charge in [0.05, 0.1) is 20.7 Å². The fourth-order valence-electron chi connectivity index (χ4n) is 1.37. The van der Waals surface area contributed by atoms with E-state index >= 15 is 0 Å². The first-order valence-corrected chi connectivity index (χ1v) is 7.67. The number of unbranched alkanes of at least 4 members (excludes halogenated alkanes) is 2. The monoisotopic (exact) mass is 292 g/mol. The topological polar surface area (TPSA) is 34.1 Å². The van der Waals surface area contributed by atoms with Crippen LogP contribution in [0.5, 0.6) is 0 Å². The highest BCUT2D eigenvalue weighted by Crippen LogP contribution is 2.25. The summed E-state index contributed by atoms with van der Waals surface area (Å²) in [4.78, 5) is 0.227. The van der Waals surface area contributed by atoms with E-state index in [0.717, 1.165) is 12.8 Å². The van der Waals surface area contributed by atoms with E-state index in [2.05, 4.69) is 6.58 Å². The lowest BCUT2D eigenvalue weighted by Gasteiger charge is -2.05. The molecule has 0 aliphatic rings. The molecule has 5 heteroatoms. The molecule has 0 N–H and O–H groups in total. The summed E-state index contributed by atoms with van der Waals surface area (Å²) in [5, 5.41) is 0.621. The van der Waals surface area contributed by atoms with Crippen molar-refractivity contribution >= 4 is 33.0 Å². The van der Waals surface area contributed by atoms with Crippen LogP contribution in [0.15, 0.2) is 35.7 Å². The molecule has 0 heterocycles. The zero-order chi connectivity index (χ0) is 12.9. The van der Waals surface area contributed by atoms with Crippen molar-refractivity contribution in [1.82, 2.24) is 0 Å². The van der Waals surface area contributed by atoms with Crippen LogP contribution < -0.4 is 0 Å². The Morgan fingerprint density at radius 3 is 2.47 bits per heavy atom. The highest BCUT2D eigenvalue weighted by Gasteiger charge is 2.15. The van der Waals surface area contributed by atoms with Gasteiger partial charge in [0.2, 0.25) is 0 Å². The van der Waals surface area contributed by atoms with Crippen LogP contribution in [0.1, 0.15) is 19.3 Å². The predicted molar refractivity (Wildman–Crippen MR) is 72.6 cm³/mol. The summed E-state index contributed by atoms with van der Waals surface area (Å²) in [6, 6.07) is 4.38. The summed E-state index contributed by atoms with van der Waals surface area (Å²) in [5.41, 5.74) is 0. The molecule has 94 valence electrons. The molecule has 0 bridgehead atoms. The van der Waals surface area contributed by atoms with Gasteiger partial charge in [-0.2, -0.15) is 0 Å². The summed E-state index contributed by atoms with van der Waals surface area (Å²) in [6.45, 7) is 3.59. The molecule has 17 heavy (non-hydrogen) atoms. The first kappa shape index (κ1) is 14.6. The van der Waals surface area contributed by atoms with E-state index in [1.54, 1.807) is 6.08 Å². The average molecular weight is 293 g/mol. The number of hydrogen-bond acceptors (Lipinski definition) is 2. The second-order valence-electron chi connectivity index (χ2n) is 3.68. The van der Waals surface area contributed by atoms with Gasteiger partial charge in [0.1, 0.15) is 0 Å². The molecule has 0 spiro atoms. The van der Waals surface area contributed by atoms with Crippen LogP contribution in [0.2, 0.25) is 10.0 Å². The molecule has 0 aromatic heterocycles. The van der Waals surface area contributed by atoms with Crippen LogP contribution in [-0.4, -0.2) is 14.2 Å².